The molecule has 0 saturated carbocycles. The van der Waals surface area contributed by atoms with Gasteiger partial charge in [0.25, 0.3) is 11.8 Å². The van der Waals surface area contributed by atoms with Crippen LogP contribution in [0.1, 0.15) is 16.8 Å². The zero-order chi connectivity index (χ0) is 21.3. The van der Waals surface area contributed by atoms with Gasteiger partial charge in [-0.2, -0.15) is 11.8 Å². The van der Waals surface area contributed by atoms with E-state index >= 15 is 0 Å². The Morgan fingerprint density at radius 2 is 1.83 bits per heavy atom. The Morgan fingerprint density at radius 1 is 1.10 bits per heavy atom. The minimum Gasteiger partial charge on any atom is -0.454 e. The van der Waals surface area contributed by atoms with Crippen molar-refractivity contribution in [2.24, 2.45) is 0 Å². The molecular weight excluding hydrogens is 422 g/mol. The van der Waals surface area contributed by atoms with Crippen molar-refractivity contribution in [1.82, 2.24) is 10.3 Å². The van der Waals surface area contributed by atoms with Crippen molar-refractivity contribution >= 4 is 56.2 Å². The normalized spacial score (nSPS) is 11.6. The Bertz CT molecular complexity index is 990. The van der Waals surface area contributed by atoms with Gasteiger partial charge in [0.05, 0.1) is 10.2 Å². The molecular formula is C21H21N3O4S2. The van der Waals surface area contributed by atoms with Gasteiger partial charge in [-0.25, -0.2) is 9.78 Å². The summed E-state index contributed by atoms with van der Waals surface area (Å²) in [5, 5.41) is 5.76. The van der Waals surface area contributed by atoms with Crippen molar-refractivity contribution in [3.63, 3.8) is 0 Å². The van der Waals surface area contributed by atoms with E-state index in [1.54, 1.807) is 42.1 Å². The highest BCUT2D eigenvalue weighted by atomic mass is 32.2. The lowest BCUT2D eigenvalue weighted by Gasteiger charge is -2.17. The molecule has 0 saturated heterocycles. The number of hydrogen-bond donors (Lipinski definition) is 2. The van der Waals surface area contributed by atoms with Crippen LogP contribution in [0.3, 0.4) is 0 Å². The summed E-state index contributed by atoms with van der Waals surface area (Å²) in [6.07, 6.45) is 2.31. The lowest BCUT2D eigenvalue weighted by atomic mass is 10.1. The van der Waals surface area contributed by atoms with E-state index in [1.807, 2.05) is 30.5 Å². The number of thiazole rings is 1. The van der Waals surface area contributed by atoms with Crippen LogP contribution in [0, 0.1) is 0 Å². The number of carbonyl (C=O) groups excluding carboxylic acids is 3. The minimum absolute atomic E-state index is 0.363. The van der Waals surface area contributed by atoms with Gasteiger partial charge >= 0.3 is 5.97 Å². The highest BCUT2D eigenvalue weighted by Gasteiger charge is 2.23. The lowest BCUT2D eigenvalue weighted by Crippen LogP contribution is -2.43. The second-order valence-electron chi connectivity index (χ2n) is 6.32. The largest absolute Gasteiger partial charge is 0.454 e. The Kier molecular flexibility index (Phi) is 7.81. The first-order valence-electron chi connectivity index (χ1n) is 9.23. The van der Waals surface area contributed by atoms with E-state index in [-0.39, 0.29) is 5.91 Å². The molecule has 0 unspecified atom stereocenters. The molecule has 0 bridgehead atoms. The maximum absolute atomic E-state index is 12.5. The summed E-state index contributed by atoms with van der Waals surface area (Å²) in [5.41, 5.74) is 1.24. The van der Waals surface area contributed by atoms with E-state index in [0.29, 0.717) is 22.9 Å². The Balaban J connectivity index is 1.55. The molecule has 0 aliphatic rings. The number of ether oxygens (including phenoxy) is 1. The van der Waals surface area contributed by atoms with Crippen molar-refractivity contribution in [1.29, 1.82) is 0 Å². The number of esters is 1. The van der Waals surface area contributed by atoms with E-state index in [2.05, 4.69) is 15.6 Å². The summed E-state index contributed by atoms with van der Waals surface area (Å²) >= 11 is 2.89. The van der Waals surface area contributed by atoms with Crippen LogP contribution >= 0.6 is 23.1 Å². The monoisotopic (exact) mass is 443 g/mol. The Hall–Kier alpha value is -2.91. The van der Waals surface area contributed by atoms with Crippen LogP contribution in [0.15, 0.2) is 54.6 Å². The average Bonchev–Trinajstić information content (AvgIpc) is 3.17. The van der Waals surface area contributed by atoms with Crippen LogP contribution in [-0.2, 0) is 14.3 Å². The van der Waals surface area contributed by atoms with E-state index in [0.717, 1.165) is 10.2 Å². The van der Waals surface area contributed by atoms with Crippen molar-refractivity contribution in [2.75, 3.05) is 23.9 Å². The maximum atomic E-state index is 12.5. The van der Waals surface area contributed by atoms with Gasteiger partial charge in [0.15, 0.2) is 11.7 Å². The topological polar surface area (TPSA) is 97.4 Å². The number of rotatable bonds is 9. The zero-order valence-corrected chi connectivity index (χ0v) is 17.9. The molecule has 0 radical (unpaired) electrons. The first-order chi connectivity index (χ1) is 14.6. The van der Waals surface area contributed by atoms with Gasteiger partial charge in [-0.1, -0.05) is 41.7 Å². The number of nitrogens with one attached hydrogen (secondary N) is 2. The third-order valence-corrected chi connectivity index (χ3v) is 5.72. The quantitative estimate of drug-likeness (QED) is 0.493. The van der Waals surface area contributed by atoms with Gasteiger partial charge in [-0.3, -0.25) is 14.9 Å². The van der Waals surface area contributed by atoms with Crippen molar-refractivity contribution in [3.05, 3.63) is 60.2 Å². The Labute approximate surface area is 182 Å². The molecule has 1 aromatic heterocycles. The van der Waals surface area contributed by atoms with Crippen LogP contribution in [0.25, 0.3) is 10.2 Å². The number of fused-ring (bicyclic) bond motifs is 1. The summed E-state index contributed by atoms with van der Waals surface area (Å²) < 4.78 is 6.10. The molecule has 0 fully saturated rings. The molecule has 3 aromatic rings. The van der Waals surface area contributed by atoms with Gasteiger partial charge in [0, 0.05) is 5.56 Å². The summed E-state index contributed by atoms with van der Waals surface area (Å²) in [6.45, 7) is -0.453. The molecule has 1 atom stereocenters. The number of carbonyl (C=O) groups is 3. The van der Waals surface area contributed by atoms with Crippen molar-refractivity contribution < 1.29 is 19.1 Å². The molecule has 9 heteroatoms. The molecule has 0 aliphatic heterocycles. The zero-order valence-electron chi connectivity index (χ0n) is 16.3. The number of benzene rings is 2. The Morgan fingerprint density at radius 3 is 2.57 bits per heavy atom. The van der Waals surface area contributed by atoms with Gasteiger partial charge < -0.3 is 10.1 Å². The first kappa shape index (κ1) is 21.8. The number of para-hydroxylation sites is 1. The molecule has 2 aromatic carbocycles. The molecule has 156 valence electrons. The van der Waals surface area contributed by atoms with Crippen LogP contribution in [0.2, 0.25) is 0 Å². The molecule has 0 spiro atoms. The van der Waals surface area contributed by atoms with E-state index in [1.165, 1.54) is 11.3 Å². The lowest BCUT2D eigenvalue weighted by molar-refractivity contribution is -0.149. The minimum atomic E-state index is -0.833. The summed E-state index contributed by atoms with van der Waals surface area (Å²) in [6, 6.07) is 15.3. The summed E-state index contributed by atoms with van der Waals surface area (Å²) in [7, 11) is 0. The molecule has 3 rings (SSSR count). The molecule has 30 heavy (non-hydrogen) atoms. The third-order valence-electron chi connectivity index (χ3n) is 4.12. The van der Waals surface area contributed by atoms with Crippen molar-refractivity contribution in [2.45, 2.75) is 12.5 Å². The fourth-order valence-corrected chi connectivity index (χ4v) is 3.99. The first-order valence-corrected chi connectivity index (χ1v) is 11.4. The number of aromatic nitrogens is 1. The predicted octanol–water partition coefficient (Wildman–Crippen LogP) is 3.33. The number of hydrogen-bond acceptors (Lipinski definition) is 7. The second-order valence-corrected chi connectivity index (χ2v) is 8.33. The summed E-state index contributed by atoms with van der Waals surface area (Å²) in [4.78, 5) is 41.3. The smallest absolute Gasteiger partial charge is 0.329 e. The SMILES string of the molecule is CSCC[C@@H](NC(=O)c1ccccc1)C(=O)OCC(=O)Nc1nc2ccccc2s1. The fourth-order valence-electron chi connectivity index (χ4n) is 2.63. The summed E-state index contributed by atoms with van der Waals surface area (Å²) in [5.74, 6) is -0.835. The number of anilines is 1. The second kappa shape index (κ2) is 10.7. The van der Waals surface area contributed by atoms with E-state index in [9.17, 15) is 14.4 Å². The molecule has 7 nitrogen and oxygen atoms in total. The fraction of sp³-hybridized carbons (Fsp3) is 0.238. The van der Waals surface area contributed by atoms with Crippen LogP contribution < -0.4 is 10.6 Å². The van der Waals surface area contributed by atoms with Gasteiger partial charge in [0.1, 0.15) is 6.04 Å². The van der Waals surface area contributed by atoms with Gasteiger partial charge in [-0.15, -0.1) is 0 Å². The van der Waals surface area contributed by atoms with Crippen molar-refractivity contribution in [3.8, 4) is 0 Å². The van der Waals surface area contributed by atoms with Crippen LogP contribution in [0.4, 0.5) is 5.13 Å². The highest BCUT2D eigenvalue weighted by Crippen LogP contribution is 2.25. The maximum Gasteiger partial charge on any atom is 0.329 e. The average molecular weight is 444 g/mol. The molecule has 0 aliphatic carbocycles. The van der Waals surface area contributed by atoms with Gasteiger partial charge in [-0.05, 0) is 42.7 Å². The van der Waals surface area contributed by atoms with E-state index < -0.39 is 24.5 Å². The van der Waals surface area contributed by atoms with E-state index in [4.69, 9.17) is 4.74 Å². The number of nitrogens with zero attached hydrogens (tertiary/aromatic N) is 1. The van der Waals surface area contributed by atoms with Crippen LogP contribution in [0.5, 0.6) is 0 Å². The van der Waals surface area contributed by atoms with Gasteiger partial charge in [0.2, 0.25) is 0 Å². The predicted molar refractivity (Wildman–Crippen MR) is 120 cm³/mol. The number of amides is 2. The molecule has 1 heterocycles. The standard InChI is InChI=1S/C21H21N3O4S2/c1-29-12-11-16(22-19(26)14-7-3-2-4-8-14)20(27)28-13-18(25)24-21-23-15-9-5-6-10-17(15)30-21/h2-10,16H,11-13H2,1H3,(H,22,26)(H,23,24,25)/t16-/m1/s1. The third kappa shape index (κ3) is 6.04. The molecule has 2 amide bonds. The number of thioether (sulfide) groups is 1. The van der Waals surface area contributed by atoms with Crippen LogP contribution in [-0.4, -0.2) is 47.4 Å². The molecule has 2 N–H and O–H groups in total. The highest BCUT2D eigenvalue weighted by molar-refractivity contribution is 7.98.